The van der Waals surface area contributed by atoms with E-state index >= 15 is 0 Å². The predicted octanol–water partition coefficient (Wildman–Crippen LogP) is 1.36. The summed E-state index contributed by atoms with van der Waals surface area (Å²) in [7, 11) is 0. The quantitative estimate of drug-likeness (QED) is 0.710. The van der Waals surface area contributed by atoms with E-state index in [9.17, 15) is 4.79 Å². The van der Waals surface area contributed by atoms with Crippen molar-refractivity contribution in [2.24, 2.45) is 0 Å². The Morgan fingerprint density at radius 1 is 1.29 bits per heavy atom. The molecule has 2 heterocycles. The third-order valence-electron chi connectivity index (χ3n) is 1.73. The fourth-order valence-corrected chi connectivity index (χ4v) is 1.62. The van der Waals surface area contributed by atoms with Crippen LogP contribution in [0, 0.1) is 0 Å². The third-order valence-corrected chi connectivity index (χ3v) is 2.47. The zero-order valence-electron chi connectivity index (χ0n) is 7.25. The maximum Gasteiger partial charge on any atom is 0.169 e. The molecular formula is C9H7N3OS. The second-order valence-corrected chi connectivity index (χ2v) is 3.63. The molecule has 0 radical (unpaired) electrons. The number of carbonyl (C=O) groups excluding carboxylic acids is 1. The Morgan fingerprint density at radius 2 is 2.21 bits per heavy atom. The fourth-order valence-electron chi connectivity index (χ4n) is 1.05. The van der Waals surface area contributed by atoms with Crippen molar-refractivity contribution in [3.8, 4) is 0 Å². The smallest absolute Gasteiger partial charge is 0.169 e. The van der Waals surface area contributed by atoms with Crippen LogP contribution in [0.2, 0.25) is 0 Å². The summed E-state index contributed by atoms with van der Waals surface area (Å²) >= 11 is 1.34. The number of Topliss-reactive ketones (excluding diaryl/α,β-unsaturated/α-hetero) is 1. The molecule has 2 aromatic rings. The van der Waals surface area contributed by atoms with Crippen LogP contribution in [0.1, 0.15) is 15.2 Å². The molecule has 0 atom stereocenters. The standard InChI is InChI=1S/C9H7N3OS/c13-9(5-8-2-4-12-14-8)7-1-3-10-11-6-7/h1-4,6H,5H2. The molecule has 70 valence electrons. The van der Waals surface area contributed by atoms with Crippen LogP contribution in [-0.2, 0) is 6.42 Å². The number of aromatic nitrogens is 3. The summed E-state index contributed by atoms with van der Waals surface area (Å²) in [5.41, 5.74) is 0.591. The molecule has 2 aromatic heterocycles. The minimum atomic E-state index is 0.0455. The summed E-state index contributed by atoms with van der Waals surface area (Å²) in [4.78, 5) is 12.6. The van der Waals surface area contributed by atoms with Gasteiger partial charge in [-0.2, -0.15) is 10.2 Å². The van der Waals surface area contributed by atoms with E-state index in [0.717, 1.165) is 4.88 Å². The molecule has 0 fully saturated rings. The van der Waals surface area contributed by atoms with Gasteiger partial charge in [0.2, 0.25) is 0 Å². The number of rotatable bonds is 3. The Labute approximate surface area is 84.8 Å². The van der Waals surface area contributed by atoms with Gasteiger partial charge in [-0.05, 0) is 23.7 Å². The van der Waals surface area contributed by atoms with E-state index in [0.29, 0.717) is 12.0 Å². The Morgan fingerprint density at radius 3 is 2.86 bits per heavy atom. The molecule has 0 aliphatic rings. The normalized spacial score (nSPS) is 10.0. The van der Waals surface area contributed by atoms with E-state index in [4.69, 9.17) is 0 Å². The maximum absolute atomic E-state index is 11.6. The molecule has 0 unspecified atom stereocenters. The molecule has 0 aliphatic carbocycles. The largest absolute Gasteiger partial charge is 0.294 e. The Bertz CT molecular complexity index is 413. The Hall–Kier alpha value is -1.62. The van der Waals surface area contributed by atoms with Crippen molar-refractivity contribution in [3.05, 3.63) is 41.2 Å². The van der Waals surface area contributed by atoms with Gasteiger partial charge in [-0.1, -0.05) is 0 Å². The van der Waals surface area contributed by atoms with Crippen molar-refractivity contribution < 1.29 is 4.79 Å². The van der Waals surface area contributed by atoms with Crippen molar-refractivity contribution in [2.45, 2.75) is 6.42 Å². The highest BCUT2D eigenvalue weighted by molar-refractivity contribution is 7.05. The lowest BCUT2D eigenvalue weighted by Crippen LogP contribution is -2.02. The second kappa shape index (κ2) is 4.06. The van der Waals surface area contributed by atoms with E-state index in [1.165, 1.54) is 23.9 Å². The van der Waals surface area contributed by atoms with E-state index in [1.54, 1.807) is 12.3 Å². The summed E-state index contributed by atoms with van der Waals surface area (Å²) in [6.07, 6.45) is 5.07. The first-order valence-corrected chi connectivity index (χ1v) is 4.83. The van der Waals surface area contributed by atoms with Crippen molar-refractivity contribution in [2.75, 3.05) is 0 Å². The third kappa shape index (κ3) is 2.00. The zero-order valence-corrected chi connectivity index (χ0v) is 8.07. The van der Waals surface area contributed by atoms with E-state index in [1.807, 2.05) is 6.07 Å². The predicted molar refractivity (Wildman–Crippen MR) is 52.2 cm³/mol. The van der Waals surface area contributed by atoms with Crippen molar-refractivity contribution in [3.63, 3.8) is 0 Å². The summed E-state index contributed by atoms with van der Waals surface area (Å²) in [6, 6.07) is 3.51. The zero-order chi connectivity index (χ0) is 9.80. The van der Waals surface area contributed by atoms with Crippen LogP contribution in [0.15, 0.2) is 30.7 Å². The van der Waals surface area contributed by atoms with Gasteiger partial charge in [0.05, 0.1) is 12.4 Å². The average Bonchev–Trinajstić information content (AvgIpc) is 2.72. The number of nitrogens with zero attached hydrogens (tertiary/aromatic N) is 3. The van der Waals surface area contributed by atoms with Crippen LogP contribution >= 0.6 is 11.5 Å². The molecule has 14 heavy (non-hydrogen) atoms. The lowest BCUT2D eigenvalue weighted by atomic mass is 10.1. The van der Waals surface area contributed by atoms with Crippen molar-refractivity contribution in [1.82, 2.24) is 14.6 Å². The number of hydrogen-bond donors (Lipinski definition) is 0. The highest BCUT2D eigenvalue weighted by Gasteiger charge is 2.07. The molecule has 0 amide bonds. The molecule has 0 N–H and O–H groups in total. The van der Waals surface area contributed by atoms with Crippen LogP contribution in [0.3, 0.4) is 0 Å². The SMILES string of the molecule is O=C(Cc1ccns1)c1ccnnc1. The van der Waals surface area contributed by atoms with Crippen LogP contribution in [0.4, 0.5) is 0 Å². The topological polar surface area (TPSA) is 55.7 Å². The molecule has 0 saturated heterocycles. The van der Waals surface area contributed by atoms with Gasteiger partial charge in [0.1, 0.15) is 0 Å². The van der Waals surface area contributed by atoms with Crippen LogP contribution in [0.25, 0.3) is 0 Å². The molecule has 4 nitrogen and oxygen atoms in total. The molecule has 5 heteroatoms. The van der Waals surface area contributed by atoms with E-state index in [-0.39, 0.29) is 5.78 Å². The summed E-state index contributed by atoms with van der Waals surface area (Å²) in [6.45, 7) is 0. The Kier molecular flexibility index (Phi) is 2.60. The first-order chi connectivity index (χ1) is 6.86. The van der Waals surface area contributed by atoms with Gasteiger partial charge in [0, 0.05) is 23.1 Å². The highest BCUT2D eigenvalue weighted by atomic mass is 32.1. The average molecular weight is 205 g/mol. The summed E-state index contributed by atoms with van der Waals surface area (Å²) in [5, 5.41) is 7.26. The molecule has 2 rings (SSSR count). The van der Waals surface area contributed by atoms with E-state index < -0.39 is 0 Å². The van der Waals surface area contributed by atoms with Gasteiger partial charge in [0.25, 0.3) is 0 Å². The minimum absolute atomic E-state index is 0.0455. The van der Waals surface area contributed by atoms with Gasteiger partial charge in [0.15, 0.2) is 5.78 Å². The van der Waals surface area contributed by atoms with Crippen LogP contribution < -0.4 is 0 Å². The van der Waals surface area contributed by atoms with E-state index in [2.05, 4.69) is 14.6 Å². The first kappa shape index (κ1) is 8.96. The molecule has 0 aromatic carbocycles. The van der Waals surface area contributed by atoms with Gasteiger partial charge in [-0.3, -0.25) is 4.79 Å². The number of carbonyl (C=O) groups is 1. The molecule has 0 saturated carbocycles. The van der Waals surface area contributed by atoms with Crippen LogP contribution in [0.5, 0.6) is 0 Å². The minimum Gasteiger partial charge on any atom is -0.294 e. The lowest BCUT2D eigenvalue weighted by molar-refractivity contribution is 0.0993. The van der Waals surface area contributed by atoms with Gasteiger partial charge >= 0.3 is 0 Å². The molecule has 0 bridgehead atoms. The molecular weight excluding hydrogens is 198 g/mol. The molecule has 0 spiro atoms. The summed E-state index contributed by atoms with van der Waals surface area (Å²) < 4.78 is 3.93. The first-order valence-electron chi connectivity index (χ1n) is 4.06. The maximum atomic E-state index is 11.6. The number of ketones is 1. The monoisotopic (exact) mass is 205 g/mol. The summed E-state index contributed by atoms with van der Waals surface area (Å²) in [5.74, 6) is 0.0455. The van der Waals surface area contributed by atoms with Gasteiger partial charge in [-0.15, -0.1) is 0 Å². The van der Waals surface area contributed by atoms with Crippen molar-refractivity contribution >= 4 is 17.3 Å². The van der Waals surface area contributed by atoms with Crippen molar-refractivity contribution in [1.29, 1.82) is 0 Å². The Balaban J connectivity index is 2.11. The van der Waals surface area contributed by atoms with Crippen LogP contribution in [-0.4, -0.2) is 20.4 Å². The van der Waals surface area contributed by atoms with Gasteiger partial charge in [-0.25, -0.2) is 4.37 Å². The van der Waals surface area contributed by atoms with Gasteiger partial charge < -0.3 is 0 Å². The lowest BCUT2D eigenvalue weighted by Gasteiger charge is -1.95. The molecule has 0 aliphatic heterocycles. The number of hydrogen-bond acceptors (Lipinski definition) is 5. The second-order valence-electron chi connectivity index (χ2n) is 2.71. The fraction of sp³-hybridized carbons (Fsp3) is 0.111. The highest BCUT2D eigenvalue weighted by Crippen LogP contribution is 2.09.